The summed E-state index contributed by atoms with van der Waals surface area (Å²) in [6.45, 7) is 10.9. The summed E-state index contributed by atoms with van der Waals surface area (Å²) >= 11 is 0. The van der Waals surface area contributed by atoms with Crippen LogP contribution in [0.3, 0.4) is 0 Å². The molecule has 0 atom stereocenters. The van der Waals surface area contributed by atoms with Crippen LogP contribution in [-0.2, 0) is 16.8 Å². The van der Waals surface area contributed by atoms with Crippen molar-refractivity contribution in [2.24, 2.45) is 5.92 Å². The average molecular weight is 585 g/mol. The molecular weight excluding hydrogens is 540 g/mol. The standard InChI is InChI=1S/C30H44N6O4S/c1-23(2)31-12-14-32(15-13-31)29(37)25-8-9-27-26(20-25)21-28(36(27)22-24-6-7-24)30(38)33-16-18-35(19-17-33)41(39,40)34-10-4-3-5-11-34/h8-9,20-21,23-24H,3-7,10-19,22H2,1-2H3. The number of carbonyl (C=O) groups is 2. The zero-order valence-corrected chi connectivity index (χ0v) is 25.3. The molecule has 0 bridgehead atoms. The number of rotatable bonds is 7. The SMILES string of the molecule is CC(C)N1CCN(C(=O)c2ccc3c(c2)cc(C(=O)N2CCN(S(=O)(=O)N4CCCCC4)CC2)n3CC2CC2)CC1. The number of nitrogens with zero attached hydrogens (tertiary/aromatic N) is 6. The second-order valence-corrected chi connectivity index (χ2v) is 14.4. The van der Waals surface area contributed by atoms with E-state index in [1.54, 1.807) is 13.5 Å². The first-order valence-corrected chi connectivity index (χ1v) is 16.8. The highest BCUT2D eigenvalue weighted by Crippen LogP contribution is 2.34. The number of carbonyl (C=O) groups excluding carboxylic acids is 2. The van der Waals surface area contributed by atoms with Gasteiger partial charge in [-0.25, -0.2) is 0 Å². The molecule has 1 aliphatic carbocycles. The van der Waals surface area contributed by atoms with Gasteiger partial charge in [0, 0.05) is 94.5 Å². The molecule has 41 heavy (non-hydrogen) atoms. The van der Waals surface area contributed by atoms with Gasteiger partial charge in [-0.15, -0.1) is 0 Å². The molecule has 0 unspecified atom stereocenters. The second-order valence-electron chi connectivity index (χ2n) is 12.4. The van der Waals surface area contributed by atoms with Crippen LogP contribution in [0.1, 0.15) is 66.8 Å². The van der Waals surface area contributed by atoms with Crippen molar-refractivity contribution in [3.63, 3.8) is 0 Å². The molecule has 0 radical (unpaired) electrons. The number of aromatic nitrogens is 1. The molecule has 4 aliphatic rings. The van der Waals surface area contributed by atoms with Gasteiger partial charge in [0.15, 0.2) is 0 Å². The zero-order chi connectivity index (χ0) is 28.7. The van der Waals surface area contributed by atoms with E-state index in [-0.39, 0.29) is 11.8 Å². The molecule has 1 saturated carbocycles. The van der Waals surface area contributed by atoms with E-state index in [1.807, 2.05) is 29.2 Å². The third kappa shape index (κ3) is 5.91. The van der Waals surface area contributed by atoms with Crippen LogP contribution < -0.4 is 0 Å². The highest BCUT2D eigenvalue weighted by atomic mass is 32.2. The van der Waals surface area contributed by atoms with Crippen molar-refractivity contribution < 1.29 is 18.0 Å². The summed E-state index contributed by atoms with van der Waals surface area (Å²) in [5.74, 6) is 0.556. The Bertz CT molecular complexity index is 1380. The van der Waals surface area contributed by atoms with Crippen molar-refractivity contribution in [1.82, 2.24) is 27.9 Å². The lowest BCUT2D eigenvalue weighted by molar-refractivity contribution is 0.0595. The largest absolute Gasteiger partial charge is 0.336 e. The van der Waals surface area contributed by atoms with Crippen LogP contribution in [0.5, 0.6) is 0 Å². The molecule has 3 aliphatic heterocycles. The molecule has 10 nitrogen and oxygen atoms in total. The average Bonchev–Trinajstić information content (AvgIpc) is 3.76. The lowest BCUT2D eigenvalue weighted by Crippen LogP contribution is -2.55. The van der Waals surface area contributed by atoms with Gasteiger partial charge >= 0.3 is 0 Å². The van der Waals surface area contributed by atoms with E-state index in [2.05, 4.69) is 23.3 Å². The summed E-state index contributed by atoms with van der Waals surface area (Å²) in [4.78, 5) is 33.3. The molecule has 0 spiro atoms. The van der Waals surface area contributed by atoms with Crippen LogP contribution in [0.4, 0.5) is 0 Å². The predicted molar refractivity (Wildman–Crippen MR) is 159 cm³/mol. The quantitative estimate of drug-likeness (QED) is 0.500. The Labute approximate surface area is 244 Å². The maximum absolute atomic E-state index is 13.8. The van der Waals surface area contributed by atoms with E-state index < -0.39 is 10.2 Å². The minimum Gasteiger partial charge on any atom is -0.336 e. The van der Waals surface area contributed by atoms with Gasteiger partial charge in [-0.1, -0.05) is 6.42 Å². The fourth-order valence-electron chi connectivity index (χ4n) is 6.50. The molecule has 1 aromatic carbocycles. The summed E-state index contributed by atoms with van der Waals surface area (Å²) < 4.78 is 31.6. The molecule has 0 N–H and O–H groups in total. The molecule has 1 aromatic heterocycles. The summed E-state index contributed by atoms with van der Waals surface area (Å²) in [6, 6.07) is 8.25. The Balaban J connectivity index is 1.18. The van der Waals surface area contributed by atoms with Gasteiger partial charge < -0.3 is 14.4 Å². The second kappa shape index (κ2) is 11.7. The van der Waals surface area contributed by atoms with Crippen LogP contribution >= 0.6 is 0 Å². The van der Waals surface area contributed by atoms with Gasteiger partial charge in [-0.05, 0) is 69.7 Å². The first-order chi connectivity index (χ1) is 19.7. The third-order valence-electron chi connectivity index (χ3n) is 9.33. The van der Waals surface area contributed by atoms with Gasteiger partial charge in [0.2, 0.25) is 0 Å². The number of benzene rings is 1. The molecular formula is C30H44N6O4S. The van der Waals surface area contributed by atoms with E-state index >= 15 is 0 Å². The van der Waals surface area contributed by atoms with E-state index in [1.165, 1.54) is 12.8 Å². The van der Waals surface area contributed by atoms with Gasteiger partial charge in [-0.3, -0.25) is 14.5 Å². The topological polar surface area (TPSA) is 89.4 Å². The molecule has 11 heteroatoms. The Morgan fingerprint density at radius 2 is 1.39 bits per heavy atom. The van der Waals surface area contributed by atoms with Crippen molar-refractivity contribution in [3.05, 3.63) is 35.5 Å². The van der Waals surface area contributed by atoms with Crippen LogP contribution in [0.25, 0.3) is 10.9 Å². The van der Waals surface area contributed by atoms with E-state index in [0.29, 0.717) is 62.5 Å². The third-order valence-corrected chi connectivity index (χ3v) is 11.4. The van der Waals surface area contributed by atoms with Crippen LogP contribution in [0, 0.1) is 5.92 Å². The molecule has 224 valence electrons. The number of piperazine rings is 2. The summed E-state index contributed by atoms with van der Waals surface area (Å²) in [5, 5.41) is 0.909. The number of hydrogen-bond acceptors (Lipinski definition) is 5. The van der Waals surface area contributed by atoms with Crippen molar-refractivity contribution in [1.29, 1.82) is 0 Å². The maximum Gasteiger partial charge on any atom is 0.282 e. The van der Waals surface area contributed by atoms with Gasteiger partial charge in [0.1, 0.15) is 5.69 Å². The Morgan fingerprint density at radius 1 is 0.780 bits per heavy atom. The molecule has 6 rings (SSSR count). The minimum atomic E-state index is -3.48. The Morgan fingerprint density at radius 3 is 2.02 bits per heavy atom. The fraction of sp³-hybridized carbons (Fsp3) is 0.667. The van der Waals surface area contributed by atoms with Crippen LogP contribution in [-0.4, -0.2) is 120 Å². The van der Waals surface area contributed by atoms with Crippen molar-refractivity contribution in [3.8, 4) is 0 Å². The first kappa shape index (κ1) is 28.6. The Kier molecular flexibility index (Phi) is 8.15. The minimum absolute atomic E-state index is 0.0455. The number of fused-ring (bicyclic) bond motifs is 1. The van der Waals surface area contributed by atoms with Crippen LogP contribution in [0.15, 0.2) is 24.3 Å². The van der Waals surface area contributed by atoms with E-state index in [4.69, 9.17) is 0 Å². The summed E-state index contributed by atoms with van der Waals surface area (Å²) in [6.07, 6.45) is 5.23. The number of hydrogen-bond donors (Lipinski definition) is 0. The summed E-state index contributed by atoms with van der Waals surface area (Å²) in [7, 11) is -3.48. The van der Waals surface area contributed by atoms with Crippen molar-refractivity contribution in [2.45, 2.75) is 58.5 Å². The van der Waals surface area contributed by atoms with Crippen molar-refractivity contribution in [2.75, 3.05) is 65.4 Å². The number of piperidine rings is 1. The van der Waals surface area contributed by atoms with Gasteiger partial charge in [0.05, 0.1) is 0 Å². The van der Waals surface area contributed by atoms with Gasteiger partial charge in [0.25, 0.3) is 22.0 Å². The summed E-state index contributed by atoms with van der Waals surface area (Å²) in [5.41, 5.74) is 2.27. The molecule has 4 heterocycles. The van der Waals surface area contributed by atoms with Crippen molar-refractivity contribution >= 4 is 32.9 Å². The first-order valence-electron chi connectivity index (χ1n) is 15.4. The van der Waals surface area contributed by atoms with E-state index in [9.17, 15) is 18.0 Å². The van der Waals surface area contributed by atoms with E-state index in [0.717, 1.165) is 62.9 Å². The Hall–Kier alpha value is -2.47. The monoisotopic (exact) mass is 584 g/mol. The predicted octanol–water partition coefficient (Wildman–Crippen LogP) is 2.71. The lowest BCUT2D eigenvalue weighted by atomic mass is 10.1. The van der Waals surface area contributed by atoms with Crippen LogP contribution in [0.2, 0.25) is 0 Å². The number of amides is 2. The molecule has 2 aromatic rings. The molecule has 3 saturated heterocycles. The smallest absolute Gasteiger partial charge is 0.282 e. The highest BCUT2D eigenvalue weighted by Gasteiger charge is 2.35. The molecule has 2 amide bonds. The normalized spacial score (nSPS) is 22.1. The molecule has 4 fully saturated rings. The fourth-order valence-corrected chi connectivity index (χ4v) is 8.17. The highest BCUT2D eigenvalue weighted by molar-refractivity contribution is 7.86. The van der Waals surface area contributed by atoms with Gasteiger partial charge in [-0.2, -0.15) is 17.0 Å². The zero-order valence-electron chi connectivity index (χ0n) is 24.5. The maximum atomic E-state index is 13.8. The lowest BCUT2D eigenvalue weighted by Gasteiger charge is -2.37.